The minimum absolute atomic E-state index is 0.00625. The van der Waals surface area contributed by atoms with E-state index in [1.54, 1.807) is 22.6 Å². The van der Waals surface area contributed by atoms with Crippen LogP contribution in [-0.4, -0.2) is 24.5 Å². The van der Waals surface area contributed by atoms with Gasteiger partial charge in [0.25, 0.3) is 5.69 Å². The normalized spacial score (nSPS) is 13.3. The summed E-state index contributed by atoms with van der Waals surface area (Å²) in [5.74, 6) is -0.705. The van der Waals surface area contributed by atoms with E-state index < -0.39 is 36.4 Å². The van der Waals surface area contributed by atoms with Gasteiger partial charge in [0.1, 0.15) is 10.7 Å². The summed E-state index contributed by atoms with van der Waals surface area (Å²) in [6.07, 6.45) is 0.134. The molecule has 0 amide bonds. The average Bonchev–Trinajstić information content (AvgIpc) is 2.31. The summed E-state index contributed by atoms with van der Waals surface area (Å²) in [6.45, 7) is 1.39. The molecule has 0 saturated heterocycles. The number of rotatable bonds is 5. The fourth-order valence-corrected chi connectivity index (χ4v) is 3.88. The van der Waals surface area contributed by atoms with Crippen molar-refractivity contribution in [1.29, 1.82) is 0 Å². The SMILES string of the molecule is CC(CCCl)S(=O)(=O)c1cc(F)c(I)cc1[N+](=O)[O-]. The smallest absolute Gasteiger partial charge is 0.258 e. The lowest BCUT2D eigenvalue weighted by Gasteiger charge is -2.12. The highest BCUT2D eigenvalue weighted by Crippen LogP contribution is 2.31. The molecule has 0 fully saturated rings. The molecule has 0 saturated carbocycles. The van der Waals surface area contributed by atoms with Crippen LogP contribution in [-0.2, 0) is 9.84 Å². The molecule has 0 aromatic heterocycles. The van der Waals surface area contributed by atoms with E-state index in [-0.39, 0.29) is 15.9 Å². The zero-order valence-electron chi connectivity index (χ0n) is 9.77. The molecule has 1 atom stereocenters. The van der Waals surface area contributed by atoms with Crippen molar-refractivity contribution in [3.05, 3.63) is 31.6 Å². The van der Waals surface area contributed by atoms with E-state index in [1.165, 1.54) is 6.92 Å². The number of hydrogen-bond acceptors (Lipinski definition) is 4. The molecular weight excluding hydrogens is 412 g/mol. The molecule has 5 nitrogen and oxygen atoms in total. The molecule has 0 N–H and O–H groups in total. The zero-order valence-corrected chi connectivity index (χ0v) is 13.5. The maximum atomic E-state index is 13.5. The molecule has 9 heteroatoms. The van der Waals surface area contributed by atoms with Gasteiger partial charge in [0.05, 0.1) is 13.7 Å². The Morgan fingerprint density at radius 1 is 1.53 bits per heavy atom. The third kappa shape index (κ3) is 3.54. The van der Waals surface area contributed by atoms with Gasteiger partial charge in [-0.3, -0.25) is 10.1 Å². The van der Waals surface area contributed by atoms with Crippen LogP contribution in [0.2, 0.25) is 0 Å². The highest BCUT2D eigenvalue weighted by Gasteiger charge is 2.32. The van der Waals surface area contributed by atoms with Crippen LogP contribution in [0.15, 0.2) is 17.0 Å². The Bertz CT molecular complexity index is 608. The van der Waals surface area contributed by atoms with Gasteiger partial charge in [-0.25, -0.2) is 12.8 Å². The lowest BCUT2D eigenvalue weighted by atomic mass is 10.3. The van der Waals surface area contributed by atoms with Gasteiger partial charge in [-0.15, -0.1) is 11.6 Å². The van der Waals surface area contributed by atoms with Crippen molar-refractivity contribution in [2.45, 2.75) is 23.5 Å². The van der Waals surface area contributed by atoms with Crippen molar-refractivity contribution in [3.63, 3.8) is 0 Å². The molecule has 0 heterocycles. The topological polar surface area (TPSA) is 77.3 Å². The van der Waals surface area contributed by atoms with Crippen molar-refractivity contribution in [2.24, 2.45) is 0 Å². The maximum absolute atomic E-state index is 13.5. The number of nitrogens with zero attached hydrogens (tertiary/aromatic N) is 1. The second kappa shape index (κ2) is 6.31. The Balaban J connectivity index is 3.49. The molecule has 0 spiro atoms. The van der Waals surface area contributed by atoms with E-state index in [4.69, 9.17) is 11.6 Å². The minimum Gasteiger partial charge on any atom is -0.258 e. The fourth-order valence-electron chi connectivity index (χ4n) is 1.41. The summed E-state index contributed by atoms with van der Waals surface area (Å²) < 4.78 is 37.8. The van der Waals surface area contributed by atoms with Crippen LogP contribution >= 0.6 is 34.2 Å². The lowest BCUT2D eigenvalue weighted by Crippen LogP contribution is -2.20. The Labute approximate surface area is 128 Å². The minimum atomic E-state index is -3.99. The van der Waals surface area contributed by atoms with Gasteiger partial charge < -0.3 is 0 Å². The monoisotopic (exact) mass is 421 g/mol. The Morgan fingerprint density at radius 2 is 2.11 bits per heavy atom. The van der Waals surface area contributed by atoms with E-state index in [0.29, 0.717) is 6.07 Å². The second-order valence-electron chi connectivity index (χ2n) is 3.82. The van der Waals surface area contributed by atoms with Crippen molar-refractivity contribution in [2.75, 3.05) is 5.88 Å². The molecule has 1 aromatic rings. The summed E-state index contributed by atoms with van der Waals surface area (Å²) >= 11 is 7.04. The van der Waals surface area contributed by atoms with Crippen molar-refractivity contribution in [3.8, 4) is 0 Å². The molecule has 1 rings (SSSR count). The quantitative estimate of drug-likeness (QED) is 0.317. The molecule has 0 aliphatic rings. The molecule has 106 valence electrons. The summed E-state index contributed by atoms with van der Waals surface area (Å²) in [7, 11) is -3.99. The molecule has 19 heavy (non-hydrogen) atoms. The van der Waals surface area contributed by atoms with Gasteiger partial charge in [0, 0.05) is 18.0 Å². The predicted octanol–water partition coefficient (Wildman–Crippen LogP) is 3.13. The molecule has 1 unspecified atom stereocenters. The van der Waals surface area contributed by atoms with E-state index >= 15 is 0 Å². The largest absolute Gasteiger partial charge is 0.289 e. The first kappa shape index (κ1) is 16.6. The average molecular weight is 422 g/mol. The van der Waals surface area contributed by atoms with Crippen molar-refractivity contribution in [1.82, 2.24) is 0 Å². The number of halogens is 3. The Kier molecular flexibility index (Phi) is 5.51. The number of hydrogen-bond donors (Lipinski definition) is 0. The molecule has 1 aromatic carbocycles. The van der Waals surface area contributed by atoms with Crippen molar-refractivity contribution < 1.29 is 17.7 Å². The second-order valence-corrected chi connectivity index (χ2v) is 7.70. The van der Waals surface area contributed by atoms with E-state index in [1.807, 2.05) is 0 Å². The maximum Gasteiger partial charge on any atom is 0.289 e. The first-order chi connectivity index (χ1) is 8.71. The molecule has 0 bridgehead atoms. The number of benzene rings is 1. The van der Waals surface area contributed by atoms with Crippen LogP contribution in [0.5, 0.6) is 0 Å². The molecular formula is C10H10ClFINO4S. The standard InChI is InChI=1S/C10H10ClFINO4S/c1-6(2-3-11)19(17,18)10-4-7(12)8(13)5-9(10)14(15)16/h4-6H,2-3H2,1H3. The first-order valence-corrected chi connectivity index (χ1v) is 8.31. The van der Waals surface area contributed by atoms with Crippen LogP contribution in [0.3, 0.4) is 0 Å². The Morgan fingerprint density at radius 3 is 2.58 bits per heavy atom. The van der Waals surface area contributed by atoms with Crippen LogP contribution < -0.4 is 0 Å². The first-order valence-electron chi connectivity index (χ1n) is 5.15. The van der Waals surface area contributed by atoms with Gasteiger partial charge in [0.15, 0.2) is 9.84 Å². The lowest BCUT2D eigenvalue weighted by molar-refractivity contribution is -0.388. The predicted molar refractivity (Wildman–Crippen MR) is 77.8 cm³/mol. The third-order valence-electron chi connectivity index (χ3n) is 2.55. The zero-order chi connectivity index (χ0) is 14.8. The molecule has 0 aliphatic heterocycles. The fraction of sp³-hybridized carbons (Fsp3) is 0.400. The van der Waals surface area contributed by atoms with E-state index in [0.717, 1.165) is 6.07 Å². The third-order valence-corrected chi connectivity index (χ3v) is 5.83. The van der Waals surface area contributed by atoms with Crippen LogP contribution in [0.4, 0.5) is 10.1 Å². The van der Waals surface area contributed by atoms with Crippen LogP contribution in [0.1, 0.15) is 13.3 Å². The number of nitro groups is 1. The number of sulfone groups is 1. The van der Waals surface area contributed by atoms with E-state index in [2.05, 4.69) is 0 Å². The molecule has 0 radical (unpaired) electrons. The highest BCUT2D eigenvalue weighted by atomic mass is 127. The summed E-state index contributed by atoms with van der Waals surface area (Å²) in [5.41, 5.74) is -0.618. The number of nitro benzene ring substituents is 1. The summed E-state index contributed by atoms with van der Waals surface area (Å²) in [6, 6.07) is 1.61. The van der Waals surface area contributed by atoms with E-state index in [9.17, 15) is 22.9 Å². The summed E-state index contributed by atoms with van der Waals surface area (Å²) in [4.78, 5) is 9.47. The van der Waals surface area contributed by atoms with Gasteiger partial charge in [-0.1, -0.05) is 0 Å². The van der Waals surface area contributed by atoms with Crippen LogP contribution in [0, 0.1) is 19.5 Å². The van der Waals surface area contributed by atoms with Gasteiger partial charge >= 0.3 is 0 Å². The van der Waals surface area contributed by atoms with Gasteiger partial charge in [0.2, 0.25) is 0 Å². The summed E-state index contributed by atoms with van der Waals surface area (Å²) in [5, 5.41) is 9.99. The van der Waals surface area contributed by atoms with Gasteiger partial charge in [-0.2, -0.15) is 0 Å². The van der Waals surface area contributed by atoms with Crippen LogP contribution in [0.25, 0.3) is 0 Å². The number of alkyl halides is 1. The van der Waals surface area contributed by atoms with Gasteiger partial charge in [-0.05, 0) is 35.9 Å². The highest BCUT2D eigenvalue weighted by molar-refractivity contribution is 14.1. The molecule has 0 aliphatic carbocycles. The Hall–Kier alpha value is -0.480. The van der Waals surface area contributed by atoms with Crippen molar-refractivity contribution >= 4 is 49.7 Å².